The fourth-order valence-corrected chi connectivity index (χ4v) is 15.0. The van der Waals surface area contributed by atoms with Gasteiger partial charge in [-0.15, -0.1) is 0 Å². The Morgan fingerprint density at radius 1 is 0.263 bits per heavy atom. The van der Waals surface area contributed by atoms with Gasteiger partial charge in [0.05, 0.1) is 0 Å². The largest absolute Gasteiger partial charge is 0.457 e. The number of rotatable bonds is 37. The van der Waals surface area contributed by atoms with E-state index >= 15 is 0 Å². The highest BCUT2D eigenvalue weighted by molar-refractivity contribution is 5.51. The maximum absolute atomic E-state index is 6.14. The molecule has 0 saturated heterocycles. The van der Waals surface area contributed by atoms with Gasteiger partial charge in [-0.25, -0.2) is 0 Å². The molecule has 10 rings (SSSR count). The first-order valence-electron chi connectivity index (χ1n) is 37.1. The van der Waals surface area contributed by atoms with Gasteiger partial charge in [-0.05, 0) is 183 Å². The molecule has 0 aromatic heterocycles. The van der Waals surface area contributed by atoms with Crippen LogP contribution in [0.5, 0.6) is 46.0 Å². The SMILES string of the molecule is CCCCCCCCCCCCCC1CCC(c2ccc(Oc3cccc(N)c3)cc2)(c2ccc(Oc3cccc(N)c3)cc2)CC1.CCCCCCCCCCCCCCC1CCC(c2ccc(Oc3cccc(N)c3)cc2)(c2ccc(Oc3cccc(N)c3)cc2)CC1. The molecule has 0 amide bonds. The topological polar surface area (TPSA) is 141 Å². The molecule has 8 aromatic rings. The Balaban J connectivity index is 0.000000223. The zero-order valence-electron chi connectivity index (χ0n) is 57.9. The summed E-state index contributed by atoms with van der Waals surface area (Å²) in [5, 5.41) is 0. The van der Waals surface area contributed by atoms with Crippen molar-refractivity contribution < 1.29 is 18.9 Å². The fraction of sp³-hybridized carbons (Fsp3) is 0.448. The molecule has 8 heteroatoms. The van der Waals surface area contributed by atoms with Crippen molar-refractivity contribution in [3.8, 4) is 46.0 Å². The quantitative estimate of drug-likeness (QED) is 0.0223. The molecule has 0 bridgehead atoms. The normalized spacial score (nSPS) is 14.5. The third-order valence-electron chi connectivity index (χ3n) is 20.6. The standard InChI is InChI=1S/C44H58N2O2.C43H56N2O2/c1-2-3-4-5-6-7-8-9-10-11-12-13-16-35-29-31-44(32-30-35,36-21-25-40(26-22-36)47-42-19-14-17-38(45)33-42)37-23-27-41(28-24-37)48-43-20-15-18-39(46)34-43;1-2-3-4-5-6-7-8-9-10-11-12-15-34-28-30-43(31-29-34,35-20-24-39(25-21-35)46-41-18-13-16-37(44)32-41)36-22-26-40(27-23-36)47-42-19-14-17-38(45)33-42/h14-15,17-28,33-35H,2-13,16,29-32,45-46H2,1H3;13-14,16-27,32-34H,2-12,15,28-31,44-45H2,1H3. The zero-order valence-corrected chi connectivity index (χ0v) is 57.9. The molecule has 0 radical (unpaired) electrons. The molecule has 95 heavy (non-hydrogen) atoms. The van der Waals surface area contributed by atoms with Crippen LogP contribution in [-0.2, 0) is 10.8 Å². The van der Waals surface area contributed by atoms with E-state index in [0.29, 0.717) is 22.7 Å². The minimum Gasteiger partial charge on any atom is -0.457 e. The first kappa shape index (κ1) is 71.5. The number of ether oxygens (including phenoxy) is 4. The van der Waals surface area contributed by atoms with E-state index < -0.39 is 0 Å². The van der Waals surface area contributed by atoms with Crippen molar-refractivity contribution in [1.82, 2.24) is 0 Å². The third kappa shape index (κ3) is 22.9. The molecule has 0 spiro atoms. The van der Waals surface area contributed by atoms with Gasteiger partial charge in [0.15, 0.2) is 0 Å². The summed E-state index contributed by atoms with van der Waals surface area (Å²) < 4.78 is 24.6. The lowest BCUT2D eigenvalue weighted by Gasteiger charge is -2.41. The van der Waals surface area contributed by atoms with Crippen molar-refractivity contribution in [2.75, 3.05) is 22.9 Å². The van der Waals surface area contributed by atoms with E-state index in [-0.39, 0.29) is 10.8 Å². The Morgan fingerprint density at radius 3 is 0.684 bits per heavy atom. The van der Waals surface area contributed by atoms with Crippen molar-refractivity contribution in [2.24, 2.45) is 11.8 Å². The van der Waals surface area contributed by atoms with Crippen molar-refractivity contribution in [2.45, 2.75) is 237 Å². The molecule has 8 aromatic carbocycles. The number of hydrogen-bond acceptors (Lipinski definition) is 8. The van der Waals surface area contributed by atoms with Crippen molar-refractivity contribution in [3.05, 3.63) is 216 Å². The summed E-state index contributed by atoms with van der Waals surface area (Å²) >= 11 is 0. The predicted molar refractivity (Wildman–Crippen MR) is 402 cm³/mol. The number of hydrogen-bond donors (Lipinski definition) is 4. The van der Waals surface area contributed by atoms with Crippen LogP contribution >= 0.6 is 0 Å². The first-order valence-corrected chi connectivity index (χ1v) is 37.1. The molecule has 2 aliphatic carbocycles. The minimum absolute atomic E-state index is 0.0287. The molecule has 0 aliphatic heterocycles. The molecule has 0 atom stereocenters. The molecule has 2 fully saturated rings. The summed E-state index contributed by atoms with van der Waals surface area (Å²) in [6, 6.07) is 65.4. The van der Waals surface area contributed by atoms with Gasteiger partial charge >= 0.3 is 0 Å². The molecular formula is C87H114N4O4. The Bertz CT molecular complexity index is 3230. The smallest absolute Gasteiger partial charge is 0.129 e. The Labute approximate surface area is 572 Å². The summed E-state index contributed by atoms with van der Waals surface area (Å²) in [5.74, 6) is 7.96. The molecule has 8 N–H and O–H groups in total. The van der Waals surface area contributed by atoms with Gasteiger partial charge in [-0.3, -0.25) is 0 Å². The van der Waals surface area contributed by atoms with Crippen LogP contribution in [-0.4, -0.2) is 0 Å². The van der Waals surface area contributed by atoms with Gasteiger partial charge in [0, 0.05) is 57.8 Å². The van der Waals surface area contributed by atoms with E-state index in [1.54, 1.807) is 0 Å². The highest BCUT2D eigenvalue weighted by atomic mass is 16.5. The second-order valence-electron chi connectivity index (χ2n) is 27.8. The highest BCUT2D eigenvalue weighted by Gasteiger charge is 2.40. The highest BCUT2D eigenvalue weighted by Crippen LogP contribution is 2.50. The van der Waals surface area contributed by atoms with Crippen LogP contribution in [0.3, 0.4) is 0 Å². The van der Waals surface area contributed by atoms with Gasteiger partial charge < -0.3 is 41.9 Å². The average molecular weight is 1280 g/mol. The lowest BCUT2D eigenvalue weighted by atomic mass is 9.62. The number of benzene rings is 8. The van der Waals surface area contributed by atoms with Crippen LogP contribution in [0.4, 0.5) is 22.7 Å². The monoisotopic (exact) mass is 1280 g/mol. The Morgan fingerprint density at radius 2 is 0.474 bits per heavy atom. The average Bonchev–Trinajstić information content (AvgIpc) is 0.790. The van der Waals surface area contributed by atoms with Crippen molar-refractivity contribution >= 4 is 22.7 Å². The van der Waals surface area contributed by atoms with Crippen LogP contribution in [0, 0.1) is 11.8 Å². The predicted octanol–water partition coefficient (Wildman–Crippen LogP) is 25.6. The van der Waals surface area contributed by atoms with Gasteiger partial charge in [0.25, 0.3) is 0 Å². The van der Waals surface area contributed by atoms with E-state index in [0.717, 1.165) is 83.5 Å². The summed E-state index contributed by atoms with van der Waals surface area (Å²) in [5.41, 5.74) is 32.1. The van der Waals surface area contributed by atoms with Crippen LogP contribution in [0.2, 0.25) is 0 Å². The maximum Gasteiger partial charge on any atom is 0.129 e. The Hall–Kier alpha value is -7.84. The summed E-state index contributed by atoms with van der Waals surface area (Å²) in [7, 11) is 0. The number of nitrogens with two attached hydrogens (primary N) is 4. The minimum atomic E-state index is -0.0293. The number of anilines is 4. The van der Waals surface area contributed by atoms with Crippen molar-refractivity contribution in [1.29, 1.82) is 0 Å². The van der Waals surface area contributed by atoms with E-state index in [1.807, 2.05) is 97.1 Å². The molecule has 0 unspecified atom stereocenters. The molecule has 8 nitrogen and oxygen atoms in total. The molecule has 506 valence electrons. The van der Waals surface area contributed by atoms with E-state index in [9.17, 15) is 0 Å². The van der Waals surface area contributed by atoms with E-state index in [2.05, 4.69) is 111 Å². The molecule has 2 aliphatic rings. The second kappa shape index (κ2) is 38.6. The fourth-order valence-electron chi connectivity index (χ4n) is 15.0. The lowest BCUT2D eigenvalue weighted by molar-refractivity contribution is 0.250. The van der Waals surface area contributed by atoms with Crippen LogP contribution in [0.25, 0.3) is 0 Å². The second-order valence-corrected chi connectivity index (χ2v) is 27.8. The van der Waals surface area contributed by atoms with Gasteiger partial charge in [-0.2, -0.15) is 0 Å². The molecule has 0 heterocycles. The lowest BCUT2D eigenvalue weighted by Crippen LogP contribution is -2.33. The number of nitrogen functional groups attached to an aromatic ring is 4. The third-order valence-corrected chi connectivity index (χ3v) is 20.6. The Kier molecular flexibility index (Phi) is 29.1. The van der Waals surface area contributed by atoms with Crippen LogP contribution in [0.1, 0.15) is 248 Å². The van der Waals surface area contributed by atoms with Gasteiger partial charge in [-0.1, -0.05) is 247 Å². The molecular weight excluding hydrogens is 1160 g/mol. The zero-order chi connectivity index (χ0) is 66.2. The summed E-state index contributed by atoms with van der Waals surface area (Å²) in [4.78, 5) is 0. The first-order chi connectivity index (χ1) is 46.6. The summed E-state index contributed by atoms with van der Waals surface area (Å²) in [6.45, 7) is 4.59. The van der Waals surface area contributed by atoms with Gasteiger partial charge in [0.2, 0.25) is 0 Å². The van der Waals surface area contributed by atoms with Gasteiger partial charge in [0.1, 0.15) is 46.0 Å². The van der Waals surface area contributed by atoms with E-state index in [4.69, 9.17) is 41.9 Å². The van der Waals surface area contributed by atoms with E-state index in [1.165, 1.54) is 208 Å². The van der Waals surface area contributed by atoms with Crippen molar-refractivity contribution in [3.63, 3.8) is 0 Å². The van der Waals surface area contributed by atoms with Crippen LogP contribution in [0.15, 0.2) is 194 Å². The number of unbranched alkanes of at least 4 members (excludes halogenated alkanes) is 21. The summed E-state index contributed by atoms with van der Waals surface area (Å²) in [6.07, 6.45) is 44.8. The maximum atomic E-state index is 6.14. The molecule has 2 saturated carbocycles. The van der Waals surface area contributed by atoms with Crippen LogP contribution < -0.4 is 41.9 Å².